The summed E-state index contributed by atoms with van der Waals surface area (Å²) in [5.74, 6) is -1.36. The molecule has 0 amide bonds. The zero-order valence-corrected chi connectivity index (χ0v) is 8.24. The lowest BCUT2D eigenvalue weighted by atomic mass is 10.3. The number of halogens is 3. The summed E-state index contributed by atoms with van der Waals surface area (Å²) < 4.78 is 26.3. The molecule has 0 spiro atoms. The average Bonchev–Trinajstić information content (AvgIpc) is 2.09. The summed E-state index contributed by atoms with van der Waals surface area (Å²) in [7, 11) is 0. The Morgan fingerprint density at radius 1 is 1.36 bits per heavy atom. The van der Waals surface area contributed by atoms with Gasteiger partial charge in [-0.3, -0.25) is 0 Å². The van der Waals surface area contributed by atoms with Crippen LogP contribution in [0.25, 0.3) is 0 Å². The first-order chi connectivity index (χ1) is 6.65. The van der Waals surface area contributed by atoms with Crippen LogP contribution in [0.3, 0.4) is 0 Å². The predicted octanol–water partition coefficient (Wildman–Crippen LogP) is 3.61. The summed E-state index contributed by atoms with van der Waals surface area (Å²) in [6, 6.07) is 2.14. The van der Waals surface area contributed by atoms with Crippen molar-refractivity contribution in [3.63, 3.8) is 0 Å². The molecule has 0 heterocycles. The van der Waals surface area contributed by atoms with Gasteiger partial charge in [0, 0.05) is 11.6 Å². The highest BCUT2D eigenvalue weighted by atomic mass is 35.5. The first-order valence-electron chi connectivity index (χ1n) is 4.14. The lowest BCUT2D eigenvalue weighted by Crippen LogP contribution is -2.04. The van der Waals surface area contributed by atoms with Crippen LogP contribution in [-0.4, -0.2) is 6.54 Å². The van der Waals surface area contributed by atoms with Crippen molar-refractivity contribution in [2.45, 2.75) is 6.42 Å². The molecule has 4 heteroatoms. The lowest BCUT2D eigenvalue weighted by Gasteiger charge is -2.07. The van der Waals surface area contributed by atoms with Gasteiger partial charge in [-0.2, -0.15) is 0 Å². The number of benzene rings is 1. The van der Waals surface area contributed by atoms with E-state index < -0.39 is 11.6 Å². The van der Waals surface area contributed by atoms with E-state index in [-0.39, 0.29) is 10.7 Å². The molecule has 1 aromatic carbocycles. The van der Waals surface area contributed by atoms with Gasteiger partial charge in [-0.05, 0) is 18.6 Å². The summed E-state index contributed by atoms with van der Waals surface area (Å²) in [5, 5.41) is 2.68. The molecule has 0 unspecified atom stereocenters. The SMILES string of the molecule is C=CCCNc1c(F)cc(Cl)cc1F. The minimum Gasteiger partial charge on any atom is -0.380 e. The number of hydrogen-bond donors (Lipinski definition) is 1. The molecule has 0 aromatic heterocycles. The Kier molecular flexibility index (Phi) is 3.89. The zero-order valence-electron chi connectivity index (χ0n) is 7.49. The molecule has 0 aliphatic heterocycles. The van der Waals surface area contributed by atoms with Gasteiger partial charge in [-0.25, -0.2) is 8.78 Å². The smallest absolute Gasteiger partial charge is 0.150 e. The monoisotopic (exact) mass is 217 g/mol. The maximum atomic E-state index is 13.1. The van der Waals surface area contributed by atoms with Crippen molar-refractivity contribution in [2.75, 3.05) is 11.9 Å². The molecule has 14 heavy (non-hydrogen) atoms. The van der Waals surface area contributed by atoms with E-state index in [0.29, 0.717) is 13.0 Å². The molecule has 0 aliphatic carbocycles. The summed E-state index contributed by atoms with van der Waals surface area (Å²) in [6.07, 6.45) is 2.31. The maximum absolute atomic E-state index is 13.1. The molecule has 1 nitrogen and oxygen atoms in total. The molecule has 76 valence electrons. The first-order valence-corrected chi connectivity index (χ1v) is 4.52. The fourth-order valence-electron chi connectivity index (χ4n) is 1.01. The number of nitrogens with one attached hydrogen (secondary N) is 1. The molecule has 0 atom stereocenters. The molecule has 1 N–H and O–H groups in total. The van der Waals surface area contributed by atoms with E-state index in [1.165, 1.54) is 0 Å². The zero-order chi connectivity index (χ0) is 10.6. The Morgan fingerprint density at radius 2 is 1.93 bits per heavy atom. The first kappa shape index (κ1) is 11.0. The lowest BCUT2D eigenvalue weighted by molar-refractivity contribution is 0.588. The van der Waals surface area contributed by atoms with Crippen molar-refractivity contribution in [1.29, 1.82) is 0 Å². The minimum absolute atomic E-state index is 0.0503. The third kappa shape index (κ3) is 2.70. The summed E-state index contributed by atoms with van der Waals surface area (Å²) in [4.78, 5) is 0. The second kappa shape index (κ2) is 4.96. The second-order valence-corrected chi connectivity index (χ2v) is 3.18. The number of rotatable bonds is 4. The fourth-order valence-corrected chi connectivity index (χ4v) is 1.20. The van der Waals surface area contributed by atoms with Crippen molar-refractivity contribution >= 4 is 17.3 Å². The van der Waals surface area contributed by atoms with Gasteiger partial charge >= 0.3 is 0 Å². The van der Waals surface area contributed by atoms with E-state index in [4.69, 9.17) is 11.6 Å². The van der Waals surface area contributed by atoms with Crippen LogP contribution in [0.1, 0.15) is 6.42 Å². The van der Waals surface area contributed by atoms with Crippen LogP contribution in [0.15, 0.2) is 24.8 Å². The van der Waals surface area contributed by atoms with Crippen molar-refractivity contribution in [1.82, 2.24) is 0 Å². The van der Waals surface area contributed by atoms with Crippen LogP contribution in [-0.2, 0) is 0 Å². The van der Waals surface area contributed by atoms with Crippen LogP contribution in [0.2, 0.25) is 5.02 Å². The third-order valence-corrected chi connectivity index (χ3v) is 1.88. The summed E-state index contributed by atoms with van der Waals surface area (Å²) in [5.41, 5.74) is -0.142. The van der Waals surface area contributed by atoms with Gasteiger partial charge in [0.05, 0.1) is 0 Å². The molecular formula is C10H10ClF2N. The molecule has 0 saturated carbocycles. The molecule has 1 rings (SSSR count). The van der Waals surface area contributed by atoms with Gasteiger partial charge < -0.3 is 5.32 Å². The van der Waals surface area contributed by atoms with Gasteiger partial charge in [0.15, 0.2) is 11.6 Å². The minimum atomic E-state index is -0.681. The van der Waals surface area contributed by atoms with E-state index >= 15 is 0 Å². The van der Waals surface area contributed by atoms with E-state index in [1.807, 2.05) is 0 Å². The van der Waals surface area contributed by atoms with Gasteiger partial charge in [-0.15, -0.1) is 6.58 Å². The van der Waals surface area contributed by atoms with Gasteiger partial charge in [-0.1, -0.05) is 17.7 Å². The quantitative estimate of drug-likeness (QED) is 0.600. The fraction of sp³-hybridized carbons (Fsp3) is 0.200. The molecule has 1 aromatic rings. The summed E-state index contributed by atoms with van der Waals surface area (Å²) in [6.45, 7) is 3.95. The highest BCUT2D eigenvalue weighted by Crippen LogP contribution is 2.23. The van der Waals surface area contributed by atoms with Gasteiger partial charge in [0.25, 0.3) is 0 Å². The third-order valence-electron chi connectivity index (χ3n) is 1.66. The average molecular weight is 218 g/mol. The van der Waals surface area contributed by atoms with E-state index in [2.05, 4.69) is 11.9 Å². The molecule has 0 fully saturated rings. The Labute approximate surface area is 86.4 Å². The molecular weight excluding hydrogens is 208 g/mol. The Balaban J connectivity index is 2.80. The van der Waals surface area contributed by atoms with Crippen LogP contribution in [0, 0.1) is 11.6 Å². The van der Waals surface area contributed by atoms with Crippen molar-refractivity contribution < 1.29 is 8.78 Å². The highest BCUT2D eigenvalue weighted by Gasteiger charge is 2.09. The van der Waals surface area contributed by atoms with Crippen molar-refractivity contribution in [3.8, 4) is 0 Å². The van der Waals surface area contributed by atoms with Gasteiger partial charge in [0.2, 0.25) is 0 Å². The standard InChI is InChI=1S/C10H10ClF2N/c1-2-3-4-14-10-8(12)5-7(11)6-9(10)13/h2,5-6,14H,1,3-4H2. The molecule has 0 bridgehead atoms. The Bertz CT molecular complexity index is 316. The van der Waals surface area contributed by atoms with Crippen LogP contribution >= 0.6 is 11.6 Å². The predicted molar refractivity (Wildman–Crippen MR) is 54.7 cm³/mol. The normalized spacial score (nSPS) is 9.93. The van der Waals surface area contributed by atoms with Crippen LogP contribution in [0.4, 0.5) is 14.5 Å². The van der Waals surface area contributed by atoms with E-state index in [9.17, 15) is 8.78 Å². The largest absolute Gasteiger partial charge is 0.380 e. The van der Waals surface area contributed by atoms with E-state index in [1.54, 1.807) is 6.08 Å². The maximum Gasteiger partial charge on any atom is 0.150 e. The number of anilines is 1. The molecule has 0 aliphatic rings. The van der Waals surface area contributed by atoms with Gasteiger partial charge in [0.1, 0.15) is 5.69 Å². The van der Waals surface area contributed by atoms with Crippen LogP contribution in [0.5, 0.6) is 0 Å². The van der Waals surface area contributed by atoms with Crippen molar-refractivity contribution in [3.05, 3.63) is 41.4 Å². The molecule has 0 radical (unpaired) electrons. The molecule has 0 saturated heterocycles. The topological polar surface area (TPSA) is 12.0 Å². The second-order valence-electron chi connectivity index (χ2n) is 2.75. The van der Waals surface area contributed by atoms with Crippen molar-refractivity contribution in [2.24, 2.45) is 0 Å². The highest BCUT2D eigenvalue weighted by molar-refractivity contribution is 6.30. The Hall–Kier alpha value is -1.09. The van der Waals surface area contributed by atoms with Crippen LogP contribution < -0.4 is 5.32 Å². The van der Waals surface area contributed by atoms with E-state index in [0.717, 1.165) is 12.1 Å². The Morgan fingerprint density at radius 3 is 2.43 bits per heavy atom. The number of hydrogen-bond acceptors (Lipinski definition) is 1. The summed E-state index contributed by atoms with van der Waals surface area (Å²) >= 11 is 5.46.